The summed E-state index contributed by atoms with van der Waals surface area (Å²) in [5, 5.41) is 0. The maximum Gasteiger partial charge on any atom is 0.325 e. The van der Waals surface area contributed by atoms with Gasteiger partial charge in [0.25, 0.3) is 0 Å². The third-order valence-electron chi connectivity index (χ3n) is 3.03. The Balaban J connectivity index is 2.57. The fourth-order valence-electron chi connectivity index (χ4n) is 1.82. The normalized spacial score (nSPS) is 18.3. The first kappa shape index (κ1) is 13.0. The van der Waals surface area contributed by atoms with Gasteiger partial charge in [-0.3, -0.25) is 14.5 Å². The molecule has 0 bridgehead atoms. The van der Waals surface area contributed by atoms with Crippen LogP contribution < -0.4 is 0 Å². The molecule has 5 heteroatoms. The zero-order valence-corrected chi connectivity index (χ0v) is 10.2. The summed E-state index contributed by atoms with van der Waals surface area (Å²) in [6.45, 7) is 8.70. The van der Waals surface area contributed by atoms with Gasteiger partial charge in [-0.1, -0.05) is 0 Å². The Labute approximate surface area is 96.3 Å². The molecule has 0 N–H and O–H groups in total. The molecule has 0 unspecified atom stereocenters. The van der Waals surface area contributed by atoms with E-state index < -0.39 is 5.54 Å². The van der Waals surface area contributed by atoms with Crippen LogP contribution in [0.2, 0.25) is 0 Å². The molecule has 1 amide bonds. The SMILES string of the molecule is CCOC(=O)C(C)(C)N1CCN(C=O)CC1. The molecule has 16 heavy (non-hydrogen) atoms. The Kier molecular flexibility index (Phi) is 4.29. The molecule has 1 rings (SSSR count). The monoisotopic (exact) mass is 228 g/mol. The molecular formula is C11H20N2O3. The maximum absolute atomic E-state index is 11.8. The van der Waals surface area contributed by atoms with Gasteiger partial charge in [0.1, 0.15) is 5.54 Å². The standard InChI is InChI=1S/C11H20N2O3/c1-4-16-10(15)11(2,3)13-7-5-12(9-14)6-8-13/h9H,4-8H2,1-3H3. The van der Waals surface area contributed by atoms with Crippen LogP contribution in [0.3, 0.4) is 0 Å². The van der Waals surface area contributed by atoms with E-state index in [1.165, 1.54) is 0 Å². The van der Waals surface area contributed by atoms with Crippen LogP contribution in [0.5, 0.6) is 0 Å². The quantitative estimate of drug-likeness (QED) is 0.506. The summed E-state index contributed by atoms with van der Waals surface area (Å²) < 4.78 is 5.05. The molecular weight excluding hydrogens is 208 g/mol. The fourth-order valence-corrected chi connectivity index (χ4v) is 1.82. The van der Waals surface area contributed by atoms with Crippen molar-refractivity contribution in [2.75, 3.05) is 32.8 Å². The molecule has 0 saturated carbocycles. The fraction of sp³-hybridized carbons (Fsp3) is 0.818. The summed E-state index contributed by atoms with van der Waals surface area (Å²) in [5.74, 6) is -0.199. The van der Waals surface area contributed by atoms with Gasteiger partial charge >= 0.3 is 5.97 Å². The van der Waals surface area contributed by atoms with Crippen molar-refractivity contribution < 1.29 is 14.3 Å². The van der Waals surface area contributed by atoms with E-state index in [-0.39, 0.29) is 5.97 Å². The van der Waals surface area contributed by atoms with E-state index in [0.29, 0.717) is 32.8 Å². The van der Waals surface area contributed by atoms with Gasteiger partial charge in [0, 0.05) is 26.2 Å². The summed E-state index contributed by atoms with van der Waals surface area (Å²) in [7, 11) is 0. The number of piperazine rings is 1. The van der Waals surface area contributed by atoms with E-state index >= 15 is 0 Å². The number of nitrogens with zero attached hydrogens (tertiary/aromatic N) is 2. The molecule has 0 aromatic heterocycles. The predicted molar refractivity (Wildman–Crippen MR) is 59.9 cm³/mol. The lowest BCUT2D eigenvalue weighted by Gasteiger charge is -2.41. The summed E-state index contributed by atoms with van der Waals surface area (Å²) in [6, 6.07) is 0. The number of amides is 1. The minimum absolute atomic E-state index is 0.199. The minimum Gasteiger partial charge on any atom is -0.465 e. The van der Waals surface area contributed by atoms with E-state index in [1.54, 1.807) is 11.8 Å². The van der Waals surface area contributed by atoms with Crippen LogP contribution in [-0.4, -0.2) is 60.5 Å². The van der Waals surface area contributed by atoms with Crippen molar-refractivity contribution in [2.24, 2.45) is 0 Å². The number of ether oxygens (including phenoxy) is 1. The first-order valence-corrected chi connectivity index (χ1v) is 5.64. The van der Waals surface area contributed by atoms with Gasteiger partial charge in [-0.05, 0) is 20.8 Å². The maximum atomic E-state index is 11.8. The van der Waals surface area contributed by atoms with Crippen molar-refractivity contribution in [1.29, 1.82) is 0 Å². The van der Waals surface area contributed by atoms with Gasteiger partial charge in [-0.2, -0.15) is 0 Å². The predicted octanol–water partition coefficient (Wildman–Crippen LogP) is 0.102. The highest BCUT2D eigenvalue weighted by molar-refractivity contribution is 5.79. The number of hydrogen-bond donors (Lipinski definition) is 0. The van der Waals surface area contributed by atoms with Gasteiger partial charge in [0.2, 0.25) is 6.41 Å². The third kappa shape index (κ3) is 2.72. The lowest BCUT2D eigenvalue weighted by Crippen LogP contribution is -2.58. The van der Waals surface area contributed by atoms with Crippen molar-refractivity contribution in [2.45, 2.75) is 26.3 Å². The van der Waals surface area contributed by atoms with Crippen molar-refractivity contribution >= 4 is 12.4 Å². The molecule has 0 aromatic rings. The molecule has 0 aliphatic carbocycles. The number of esters is 1. The van der Waals surface area contributed by atoms with E-state index in [2.05, 4.69) is 4.90 Å². The molecule has 1 heterocycles. The second kappa shape index (κ2) is 5.30. The van der Waals surface area contributed by atoms with Crippen molar-refractivity contribution in [3.05, 3.63) is 0 Å². The van der Waals surface area contributed by atoms with Crippen LogP contribution in [0.15, 0.2) is 0 Å². The number of rotatable bonds is 4. The van der Waals surface area contributed by atoms with Gasteiger partial charge in [0.05, 0.1) is 6.61 Å². The molecule has 1 saturated heterocycles. The highest BCUT2D eigenvalue weighted by Gasteiger charge is 2.37. The van der Waals surface area contributed by atoms with Crippen molar-refractivity contribution in [3.8, 4) is 0 Å². The Bertz CT molecular complexity index is 258. The summed E-state index contributed by atoms with van der Waals surface area (Å²) >= 11 is 0. The zero-order chi connectivity index (χ0) is 12.2. The van der Waals surface area contributed by atoms with Crippen LogP contribution >= 0.6 is 0 Å². The summed E-state index contributed by atoms with van der Waals surface area (Å²) in [6.07, 6.45) is 0.856. The molecule has 5 nitrogen and oxygen atoms in total. The van der Waals surface area contributed by atoms with Crippen molar-refractivity contribution in [3.63, 3.8) is 0 Å². The number of carbonyl (C=O) groups is 2. The van der Waals surface area contributed by atoms with Gasteiger partial charge in [-0.25, -0.2) is 0 Å². The largest absolute Gasteiger partial charge is 0.465 e. The van der Waals surface area contributed by atoms with E-state index in [1.807, 2.05) is 13.8 Å². The van der Waals surface area contributed by atoms with Crippen LogP contribution in [0, 0.1) is 0 Å². The highest BCUT2D eigenvalue weighted by Crippen LogP contribution is 2.18. The molecule has 1 aliphatic heterocycles. The second-order valence-corrected chi connectivity index (χ2v) is 4.41. The van der Waals surface area contributed by atoms with Crippen molar-refractivity contribution in [1.82, 2.24) is 9.80 Å². The number of carbonyl (C=O) groups excluding carboxylic acids is 2. The highest BCUT2D eigenvalue weighted by atomic mass is 16.5. The van der Waals surface area contributed by atoms with Gasteiger partial charge in [0.15, 0.2) is 0 Å². The van der Waals surface area contributed by atoms with Crippen LogP contribution in [0.1, 0.15) is 20.8 Å². The van der Waals surface area contributed by atoms with Gasteiger partial charge < -0.3 is 9.64 Å². The molecule has 92 valence electrons. The molecule has 1 fully saturated rings. The first-order valence-electron chi connectivity index (χ1n) is 5.64. The second-order valence-electron chi connectivity index (χ2n) is 4.41. The van der Waals surface area contributed by atoms with E-state index in [9.17, 15) is 9.59 Å². The lowest BCUT2D eigenvalue weighted by atomic mass is 10.0. The number of hydrogen-bond acceptors (Lipinski definition) is 4. The van der Waals surface area contributed by atoms with Crippen LogP contribution in [-0.2, 0) is 14.3 Å². The summed E-state index contributed by atoms with van der Waals surface area (Å²) in [5.41, 5.74) is -0.606. The molecule has 0 spiro atoms. The van der Waals surface area contributed by atoms with E-state index in [4.69, 9.17) is 4.74 Å². The average molecular weight is 228 g/mol. The van der Waals surface area contributed by atoms with Gasteiger partial charge in [-0.15, -0.1) is 0 Å². The molecule has 1 aliphatic rings. The first-order chi connectivity index (χ1) is 7.52. The molecule has 0 atom stereocenters. The lowest BCUT2D eigenvalue weighted by molar-refractivity contribution is -0.157. The Morgan fingerprint density at radius 2 is 1.88 bits per heavy atom. The Morgan fingerprint density at radius 1 is 1.31 bits per heavy atom. The Hall–Kier alpha value is -1.10. The molecule has 0 radical (unpaired) electrons. The smallest absolute Gasteiger partial charge is 0.325 e. The third-order valence-corrected chi connectivity index (χ3v) is 3.03. The minimum atomic E-state index is -0.606. The Morgan fingerprint density at radius 3 is 2.31 bits per heavy atom. The molecule has 0 aromatic carbocycles. The topological polar surface area (TPSA) is 49.9 Å². The van der Waals surface area contributed by atoms with E-state index in [0.717, 1.165) is 6.41 Å². The summed E-state index contributed by atoms with van der Waals surface area (Å²) in [4.78, 5) is 26.1. The average Bonchev–Trinajstić information content (AvgIpc) is 2.29. The van der Waals surface area contributed by atoms with Crippen LogP contribution in [0.25, 0.3) is 0 Å². The van der Waals surface area contributed by atoms with Crippen LogP contribution in [0.4, 0.5) is 0 Å². The zero-order valence-electron chi connectivity index (χ0n) is 10.2.